The van der Waals surface area contributed by atoms with Crippen LogP contribution in [-0.4, -0.2) is 76.7 Å². The number of alkyl halides is 3. The van der Waals surface area contributed by atoms with Crippen molar-refractivity contribution in [2.45, 2.75) is 77.8 Å². The highest BCUT2D eigenvalue weighted by Gasteiger charge is 2.49. The summed E-state index contributed by atoms with van der Waals surface area (Å²) in [6, 6.07) is 52.2. The van der Waals surface area contributed by atoms with Crippen molar-refractivity contribution >= 4 is 22.6 Å². The summed E-state index contributed by atoms with van der Waals surface area (Å²) in [5.74, 6) is 1.95. The van der Waals surface area contributed by atoms with E-state index in [1.165, 1.54) is 44.5 Å². The Balaban J connectivity index is 0.000000121. The van der Waals surface area contributed by atoms with Gasteiger partial charge in [-0.05, 0) is 204 Å². The van der Waals surface area contributed by atoms with Crippen LogP contribution in [0.25, 0.3) is 67.1 Å². The number of aromatic nitrogens is 16. The SMILES string of the molecule is Cc1cc(-c2ccc3nnc(C4(c5ccccc5)CC4)n3c2)cn(C)c1=O.Cc1cc(-c2ccc3nnc(Cc4cc(F)cc(F)c4)n3c2)cn(C)c1=O.Cc1cc(-c2ccc3nnc(Cc4ccc(C(F)(F)F)cc4)n3c2)cn(C)c1=O.Cc1cc(-c2ccc3nnc([C@H](C)c4ccccc4)n3c2)cn(C)c1=O. The number of nitrogens with zero attached hydrogens (tertiary/aromatic N) is 16. The third-order valence-electron chi connectivity index (χ3n) is 19.7. The molecule has 1 fully saturated rings. The Bertz CT molecular complexity index is 6260. The predicted molar refractivity (Wildman–Crippen MR) is 407 cm³/mol. The second-order valence-corrected chi connectivity index (χ2v) is 27.6. The van der Waals surface area contributed by atoms with Crippen molar-refractivity contribution in [3.05, 3.63) is 352 Å². The lowest BCUT2D eigenvalue weighted by Crippen LogP contribution is -2.18. The molecule has 1 aliphatic carbocycles. The van der Waals surface area contributed by atoms with Crippen LogP contribution < -0.4 is 22.2 Å². The van der Waals surface area contributed by atoms with E-state index >= 15 is 0 Å². The summed E-state index contributed by atoms with van der Waals surface area (Å²) >= 11 is 0. The van der Waals surface area contributed by atoms with Crippen LogP contribution in [0.5, 0.6) is 0 Å². The minimum Gasteiger partial charge on any atom is -0.318 e. The molecule has 1 saturated carbocycles. The summed E-state index contributed by atoms with van der Waals surface area (Å²) in [7, 11) is 6.97. The first-order valence-corrected chi connectivity index (χ1v) is 35.1. The van der Waals surface area contributed by atoms with Gasteiger partial charge in [-0.25, -0.2) is 8.78 Å². The Kier molecular flexibility index (Phi) is 19.8. The molecular weight excluding hydrogens is 1390 g/mol. The fraction of sp³-hybridized carbons (Fsp3) is 0.190. The Morgan fingerprint density at radius 2 is 0.752 bits per heavy atom. The summed E-state index contributed by atoms with van der Waals surface area (Å²) in [5, 5.41) is 34.2. The van der Waals surface area contributed by atoms with Crippen molar-refractivity contribution in [2.75, 3.05) is 0 Å². The van der Waals surface area contributed by atoms with Gasteiger partial charge in [0.25, 0.3) is 22.2 Å². The Morgan fingerprint density at radius 3 is 1.17 bits per heavy atom. The van der Waals surface area contributed by atoms with E-state index in [2.05, 4.69) is 94.7 Å². The largest absolute Gasteiger partial charge is 0.416 e. The third-order valence-corrected chi connectivity index (χ3v) is 19.7. The van der Waals surface area contributed by atoms with Crippen LogP contribution in [0.3, 0.4) is 0 Å². The summed E-state index contributed by atoms with van der Waals surface area (Å²) < 4.78 is 79.2. The standard InChI is InChI=1S/C22H20N4O.C21H17F3N4O.C21H20N4O.C20H16F2N4O/c1-15-12-17(13-25(2)20(15)27)16-8-9-19-23-24-21(26(19)14-16)22(10-11-22)18-6-4-3-5-7-18;1-13-9-16(11-27(2)20(13)29)15-5-8-18-25-26-19(28(18)12-15)10-14-3-6-17(7-4-14)21(22,23)24;1-14-11-18(12-24(3)21(14)26)17-9-10-19-22-23-20(25(19)13-17)15(2)16-7-5-4-6-8-16;1-12-5-15(10-25(2)20(12)27)14-3-4-18-23-24-19(26(18)11-14)8-13-6-16(21)9-17(22)7-13/h3-9,12-14H,10-11H2,1-2H3;3-9,11-12H,10H2,1-2H3;4-13,15H,1-3H3;3-7,9-11H,8H2,1-2H3/t;;15-;/m..1./s1. The Hall–Kier alpha value is -13.2. The van der Waals surface area contributed by atoms with Gasteiger partial charge in [0.1, 0.15) is 34.9 Å². The number of rotatable bonds is 12. The van der Waals surface area contributed by atoms with Gasteiger partial charge in [0, 0.05) is 125 Å². The number of pyridine rings is 8. The number of halogens is 5. The first kappa shape index (κ1) is 72.7. The molecule has 0 saturated heterocycles. The van der Waals surface area contributed by atoms with E-state index in [1.54, 1.807) is 68.0 Å². The first-order valence-electron chi connectivity index (χ1n) is 35.1. The molecule has 109 heavy (non-hydrogen) atoms. The maximum absolute atomic E-state index is 13.5. The average molecular weight is 1470 g/mol. The van der Waals surface area contributed by atoms with E-state index in [-0.39, 0.29) is 40.0 Å². The molecule has 0 unspecified atom stereocenters. The van der Waals surface area contributed by atoms with E-state index < -0.39 is 23.4 Å². The van der Waals surface area contributed by atoms with E-state index in [9.17, 15) is 41.1 Å². The molecule has 4 aromatic carbocycles. The molecule has 0 amide bonds. The topological polar surface area (TPSA) is 209 Å². The quantitative estimate of drug-likeness (QED) is 0.105. The lowest BCUT2D eigenvalue weighted by atomic mass is 9.95. The fourth-order valence-electron chi connectivity index (χ4n) is 13.7. The first-order chi connectivity index (χ1) is 52.2. The van der Waals surface area contributed by atoms with Crippen LogP contribution in [0.15, 0.2) is 245 Å². The average Bonchev–Trinajstić information content (AvgIpc) is 1.57. The molecule has 0 spiro atoms. The van der Waals surface area contributed by atoms with Gasteiger partial charge in [-0.15, -0.1) is 40.8 Å². The highest BCUT2D eigenvalue weighted by molar-refractivity contribution is 5.68. The number of benzene rings is 4. The zero-order valence-electron chi connectivity index (χ0n) is 60.9. The van der Waals surface area contributed by atoms with Crippen LogP contribution in [0.4, 0.5) is 22.0 Å². The summed E-state index contributed by atoms with van der Waals surface area (Å²) in [6.07, 6.45) is 13.5. The normalized spacial score (nSPS) is 12.7. The number of aryl methyl sites for hydroxylation is 8. The molecule has 0 aliphatic heterocycles. The van der Waals surface area contributed by atoms with Crippen LogP contribution in [0.2, 0.25) is 0 Å². The smallest absolute Gasteiger partial charge is 0.318 e. The van der Waals surface area contributed by atoms with E-state index in [0.717, 1.165) is 110 Å². The summed E-state index contributed by atoms with van der Waals surface area (Å²) in [4.78, 5) is 47.8. The van der Waals surface area contributed by atoms with Gasteiger partial charge in [-0.2, -0.15) is 13.2 Å². The van der Waals surface area contributed by atoms with Crippen molar-refractivity contribution in [3.8, 4) is 44.5 Å². The third kappa shape index (κ3) is 15.2. The van der Waals surface area contributed by atoms with Crippen molar-refractivity contribution in [1.29, 1.82) is 0 Å². The van der Waals surface area contributed by atoms with Crippen LogP contribution in [0.1, 0.15) is 99.1 Å². The zero-order valence-corrected chi connectivity index (χ0v) is 60.9. The molecule has 16 aromatic rings. The fourth-order valence-corrected chi connectivity index (χ4v) is 13.7. The van der Waals surface area contributed by atoms with E-state index in [1.807, 2.05) is 151 Å². The number of fused-ring (bicyclic) bond motifs is 4. The van der Waals surface area contributed by atoms with Crippen LogP contribution in [-0.2, 0) is 52.6 Å². The van der Waals surface area contributed by atoms with Gasteiger partial charge < -0.3 is 18.3 Å². The minimum atomic E-state index is -4.36. The maximum Gasteiger partial charge on any atom is 0.416 e. The van der Waals surface area contributed by atoms with Crippen LogP contribution in [0, 0.1) is 39.3 Å². The second-order valence-electron chi connectivity index (χ2n) is 27.6. The van der Waals surface area contributed by atoms with Crippen molar-refractivity contribution in [1.82, 2.24) is 76.7 Å². The molecular formula is C84H73F5N16O4. The van der Waals surface area contributed by atoms with Gasteiger partial charge in [0.15, 0.2) is 22.6 Å². The molecule has 20 nitrogen and oxygen atoms in total. The molecule has 0 N–H and O–H groups in total. The van der Waals surface area contributed by atoms with Crippen molar-refractivity contribution in [2.24, 2.45) is 28.2 Å². The Morgan fingerprint density at radius 1 is 0.385 bits per heavy atom. The summed E-state index contributed by atoms with van der Waals surface area (Å²) in [6.45, 7) is 9.36. The molecule has 12 heterocycles. The van der Waals surface area contributed by atoms with Crippen LogP contribution >= 0.6 is 0 Å². The number of hydrogen-bond acceptors (Lipinski definition) is 12. The molecule has 1 atom stereocenters. The lowest BCUT2D eigenvalue weighted by Gasteiger charge is -2.14. The maximum atomic E-state index is 13.5. The Labute approximate surface area is 620 Å². The number of hydrogen-bond donors (Lipinski definition) is 0. The van der Waals surface area contributed by atoms with E-state index in [0.29, 0.717) is 51.6 Å². The van der Waals surface area contributed by atoms with Gasteiger partial charge in [0.2, 0.25) is 0 Å². The van der Waals surface area contributed by atoms with Gasteiger partial charge in [0.05, 0.1) is 11.0 Å². The minimum absolute atomic E-state index is 0.0255. The van der Waals surface area contributed by atoms with Gasteiger partial charge in [-0.1, -0.05) is 79.7 Å². The molecule has 17 rings (SSSR count). The predicted octanol–water partition coefficient (Wildman–Crippen LogP) is 14.3. The van der Waals surface area contributed by atoms with Gasteiger partial charge in [-0.3, -0.25) is 36.8 Å². The summed E-state index contributed by atoms with van der Waals surface area (Å²) in [5.41, 5.74) is 16.2. The highest BCUT2D eigenvalue weighted by atomic mass is 19.4. The molecule has 548 valence electrons. The van der Waals surface area contributed by atoms with Crippen molar-refractivity contribution < 1.29 is 22.0 Å². The van der Waals surface area contributed by atoms with Crippen molar-refractivity contribution in [3.63, 3.8) is 0 Å². The highest BCUT2D eigenvalue weighted by Crippen LogP contribution is 2.53. The molecule has 1 aliphatic rings. The lowest BCUT2D eigenvalue weighted by molar-refractivity contribution is -0.137. The van der Waals surface area contributed by atoms with E-state index in [4.69, 9.17) is 0 Å². The van der Waals surface area contributed by atoms with Gasteiger partial charge >= 0.3 is 6.18 Å². The molecule has 12 aromatic heterocycles. The zero-order chi connectivity index (χ0) is 76.7. The monoisotopic (exact) mass is 1460 g/mol. The molecule has 25 heteroatoms. The second kappa shape index (κ2) is 29.6. The molecule has 0 bridgehead atoms. The molecule has 0 radical (unpaired) electrons.